The molecule has 2 rings (SSSR count). The van der Waals surface area contributed by atoms with Gasteiger partial charge in [-0.1, -0.05) is 24.3 Å². The molecule has 2 N–H and O–H groups in total. The van der Waals surface area contributed by atoms with Crippen LogP contribution in [0.25, 0.3) is 10.9 Å². The molecule has 20 heavy (non-hydrogen) atoms. The number of hydrogen-bond donors (Lipinski definition) is 2. The molecule has 0 aliphatic carbocycles. The van der Waals surface area contributed by atoms with Crippen LogP contribution in [0.5, 0.6) is 0 Å². The number of fused-ring (bicyclic) bond motifs is 1. The summed E-state index contributed by atoms with van der Waals surface area (Å²) in [7, 11) is 0. The van der Waals surface area contributed by atoms with Crippen molar-refractivity contribution in [2.75, 3.05) is 13.1 Å². The van der Waals surface area contributed by atoms with Crippen LogP contribution in [0.15, 0.2) is 36.5 Å². The summed E-state index contributed by atoms with van der Waals surface area (Å²) >= 11 is 0. The van der Waals surface area contributed by atoms with Gasteiger partial charge in [-0.05, 0) is 11.6 Å². The molecule has 0 atom stereocenters. The fourth-order valence-electron chi connectivity index (χ4n) is 2.09. The Morgan fingerprint density at radius 2 is 1.70 bits per heavy atom. The van der Waals surface area contributed by atoms with E-state index >= 15 is 0 Å². The lowest BCUT2D eigenvalue weighted by molar-refractivity contribution is -0.141. The van der Waals surface area contributed by atoms with E-state index in [0.717, 1.165) is 16.5 Å². The molecule has 0 amide bonds. The van der Waals surface area contributed by atoms with Crippen LogP contribution in [0.1, 0.15) is 5.56 Å². The molecule has 1 heterocycles. The van der Waals surface area contributed by atoms with E-state index in [1.807, 2.05) is 30.3 Å². The van der Waals surface area contributed by atoms with Crippen LogP contribution in [0.2, 0.25) is 0 Å². The monoisotopic (exact) mass is 274 g/mol. The number of benzene rings is 1. The van der Waals surface area contributed by atoms with Crippen molar-refractivity contribution >= 4 is 22.8 Å². The molecule has 0 unspecified atom stereocenters. The second-order valence-electron chi connectivity index (χ2n) is 4.42. The van der Waals surface area contributed by atoms with Crippen molar-refractivity contribution in [3.63, 3.8) is 0 Å². The number of aliphatic carboxylic acids is 2. The first-order valence-electron chi connectivity index (χ1n) is 6.05. The molecule has 2 aromatic rings. The number of para-hydroxylation sites is 1. The van der Waals surface area contributed by atoms with Crippen LogP contribution in [0.4, 0.5) is 0 Å². The Kier molecular flexibility index (Phi) is 4.27. The summed E-state index contributed by atoms with van der Waals surface area (Å²) in [5.41, 5.74) is 1.57. The summed E-state index contributed by atoms with van der Waals surface area (Å²) in [6.07, 6.45) is 1.66. The van der Waals surface area contributed by atoms with E-state index in [0.29, 0.717) is 0 Å². The van der Waals surface area contributed by atoms with Crippen LogP contribution in [0.3, 0.4) is 0 Å². The molecular formula is C14H14N2O4. The van der Waals surface area contributed by atoms with Gasteiger partial charge in [0.25, 0.3) is 0 Å². The molecule has 0 radical (unpaired) electrons. The SMILES string of the molecule is O=C(O)CN(CC(=O)O)Cc1cccc2cccnc12. The zero-order valence-corrected chi connectivity index (χ0v) is 10.7. The maximum Gasteiger partial charge on any atom is 0.317 e. The fraction of sp³-hybridized carbons (Fsp3) is 0.214. The van der Waals surface area contributed by atoms with Gasteiger partial charge in [0.15, 0.2) is 0 Å². The number of pyridine rings is 1. The van der Waals surface area contributed by atoms with Crippen LogP contribution < -0.4 is 0 Å². The quantitative estimate of drug-likeness (QED) is 0.822. The number of carboxylic acids is 2. The zero-order chi connectivity index (χ0) is 14.5. The maximum absolute atomic E-state index is 10.8. The molecule has 6 heteroatoms. The normalized spacial score (nSPS) is 10.8. The highest BCUT2D eigenvalue weighted by Crippen LogP contribution is 2.17. The molecule has 0 saturated carbocycles. The Hall–Kier alpha value is -2.47. The van der Waals surface area contributed by atoms with Gasteiger partial charge in [0.05, 0.1) is 18.6 Å². The number of rotatable bonds is 6. The lowest BCUT2D eigenvalue weighted by Gasteiger charge is -2.18. The minimum Gasteiger partial charge on any atom is -0.480 e. The minimum absolute atomic E-state index is 0.229. The molecule has 6 nitrogen and oxygen atoms in total. The second-order valence-corrected chi connectivity index (χ2v) is 4.42. The van der Waals surface area contributed by atoms with Crippen molar-refractivity contribution in [1.82, 2.24) is 9.88 Å². The molecule has 0 fully saturated rings. The smallest absolute Gasteiger partial charge is 0.317 e. The second kappa shape index (κ2) is 6.12. The zero-order valence-electron chi connectivity index (χ0n) is 10.7. The van der Waals surface area contributed by atoms with Crippen molar-refractivity contribution in [1.29, 1.82) is 0 Å². The van der Waals surface area contributed by atoms with Crippen LogP contribution in [0, 0.1) is 0 Å². The van der Waals surface area contributed by atoms with Gasteiger partial charge in [-0.25, -0.2) is 0 Å². The number of nitrogens with zero attached hydrogens (tertiary/aromatic N) is 2. The number of carboxylic acid groups (broad SMARTS) is 2. The summed E-state index contributed by atoms with van der Waals surface area (Å²) in [5, 5.41) is 18.6. The lowest BCUT2D eigenvalue weighted by Crippen LogP contribution is -2.34. The summed E-state index contributed by atoms with van der Waals surface area (Å²) in [5.74, 6) is -2.11. The Morgan fingerprint density at radius 3 is 2.35 bits per heavy atom. The largest absolute Gasteiger partial charge is 0.480 e. The van der Waals surface area contributed by atoms with Crippen LogP contribution in [-0.4, -0.2) is 45.1 Å². The van der Waals surface area contributed by atoms with E-state index in [4.69, 9.17) is 10.2 Å². The highest BCUT2D eigenvalue weighted by atomic mass is 16.4. The highest BCUT2D eigenvalue weighted by Gasteiger charge is 2.15. The predicted molar refractivity (Wildman–Crippen MR) is 72.3 cm³/mol. The Labute approximate surface area is 115 Å². The van der Waals surface area contributed by atoms with E-state index in [1.54, 1.807) is 6.20 Å². The molecule has 0 saturated heterocycles. The Bertz CT molecular complexity index is 621. The molecular weight excluding hydrogens is 260 g/mol. The van der Waals surface area contributed by atoms with E-state index in [-0.39, 0.29) is 19.6 Å². The van der Waals surface area contributed by atoms with E-state index in [1.165, 1.54) is 4.90 Å². The highest BCUT2D eigenvalue weighted by molar-refractivity contribution is 5.81. The average Bonchev–Trinajstić information content (AvgIpc) is 2.37. The van der Waals surface area contributed by atoms with Gasteiger partial charge in [-0.3, -0.25) is 19.5 Å². The lowest BCUT2D eigenvalue weighted by atomic mass is 10.1. The van der Waals surface area contributed by atoms with Gasteiger partial charge < -0.3 is 10.2 Å². The molecule has 104 valence electrons. The van der Waals surface area contributed by atoms with Crippen molar-refractivity contribution < 1.29 is 19.8 Å². The summed E-state index contributed by atoms with van der Waals surface area (Å²) in [6, 6.07) is 9.30. The first kappa shape index (κ1) is 14.0. The van der Waals surface area contributed by atoms with Crippen molar-refractivity contribution in [2.24, 2.45) is 0 Å². The van der Waals surface area contributed by atoms with Gasteiger partial charge in [0.2, 0.25) is 0 Å². The number of aromatic nitrogens is 1. The first-order chi connectivity index (χ1) is 9.56. The van der Waals surface area contributed by atoms with E-state index < -0.39 is 11.9 Å². The van der Waals surface area contributed by atoms with Crippen molar-refractivity contribution in [3.8, 4) is 0 Å². The Balaban J connectivity index is 2.27. The number of hydrogen-bond acceptors (Lipinski definition) is 4. The van der Waals surface area contributed by atoms with Crippen molar-refractivity contribution in [3.05, 3.63) is 42.1 Å². The van der Waals surface area contributed by atoms with Crippen LogP contribution in [-0.2, 0) is 16.1 Å². The standard InChI is InChI=1S/C14H14N2O4/c17-12(18)8-16(9-13(19)20)7-11-4-1-3-10-5-2-6-15-14(10)11/h1-6H,7-9H2,(H,17,18)(H,19,20). The third kappa shape index (κ3) is 3.52. The first-order valence-corrected chi connectivity index (χ1v) is 6.05. The average molecular weight is 274 g/mol. The van der Waals surface area contributed by atoms with Gasteiger partial charge >= 0.3 is 11.9 Å². The minimum atomic E-state index is -1.06. The molecule has 1 aromatic heterocycles. The van der Waals surface area contributed by atoms with Crippen LogP contribution >= 0.6 is 0 Å². The molecule has 0 aliphatic heterocycles. The van der Waals surface area contributed by atoms with E-state index in [9.17, 15) is 9.59 Å². The topological polar surface area (TPSA) is 90.7 Å². The molecule has 0 bridgehead atoms. The Morgan fingerprint density at radius 1 is 1.05 bits per heavy atom. The summed E-state index contributed by atoms with van der Waals surface area (Å²) in [4.78, 5) is 27.2. The van der Waals surface area contributed by atoms with Gasteiger partial charge in [-0.15, -0.1) is 0 Å². The van der Waals surface area contributed by atoms with Gasteiger partial charge in [0, 0.05) is 18.1 Å². The maximum atomic E-state index is 10.8. The molecule has 0 spiro atoms. The third-order valence-electron chi connectivity index (χ3n) is 2.83. The fourth-order valence-corrected chi connectivity index (χ4v) is 2.09. The number of carbonyl (C=O) groups is 2. The van der Waals surface area contributed by atoms with Gasteiger partial charge in [-0.2, -0.15) is 0 Å². The molecule has 0 aliphatic rings. The van der Waals surface area contributed by atoms with Crippen molar-refractivity contribution in [2.45, 2.75) is 6.54 Å². The third-order valence-corrected chi connectivity index (χ3v) is 2.83. The summed E-state index contributed by atoms with van der Waals surface area (Å²) < 4.78 is 0. The van der Waals surface area contributed by atoms with E-state index in [2.05, 4.69) is 4.98 Å². The van der Waals surface area contributed by atoms with Gasteiger partial charge in [0.1, 0.15) is 0 Å². The summed E-state index contributed by atoms with van der Waals surface area (Å²) in [6.45, 7) is -0.419. The predicted octanol–water partition coefficient (Wildman–Crippen LogP) is 1.21. The molecule has 1 aromatic carbocycles.